The summed E-state index contributed by atoms with van der Waals surface area (Å²) in [5.41, 5.74) is 0.685. The topological polar surface area (TPSA) is 144 Å². The van der Waals surface area contributed by atoms with E-state index < -0.39 is 17.7 Å². The number of alkyl carbamates (subject to hydrolysis) is 1. The first kappa shape index (κ1) is 25.0. The minimum Gasteiger partial charge on any atom is -0.496 e. The number of amides is 3. The van der Waals surface area contributed by atoms with E-state index in [1.54, 1.807) is 37.3 Å². The van der Waals surface area contributed by atoms with Gasteiger partial charge in [-0.2, -0.15) is 0 Å². The molecule has 11 heteroatoms. The fraction of sp³-hybridized carbons (Fsp3) is 0.320. The van der Waals surface area contributed by atoms with Crippen molar-refractivity contribution in [1.82, 2.24) is 15.6 Å². The van der Waals surface area contributed by atoms with Gasteiger partial charge in [-0.3, -0.25) is 0 Å². The van der Waals surface area contributed by atoms with Crippen LogP contribution >= 0.6 is 0 Å². The van der Waals surface area contributed by atoms with E-state index >= 15 is 0 Å². The molecule has 0 saturated carbocycles. The van der Waals surface area contributed by atoms with E-state index in [1.807, 2.05) is 6.07 Å². The molecule has 1 aliphatic carbocycles. The minimum atomic E-state index is -1.41. The number of anilines is 1. The molecular formula is C25H28N4O7. The largest absolute Gasteiger partial charge is 0.496 e. The van der Waals surface area contributed by atoms with Crippen molar-refractivity contribution in [3.63, 3.8) is 0 Å². The Hall–Kier alpha value is -4.09. The molecule has 11 nitrogen and oxygen atoms in total. The monoisotopic (exact) mass is 496 g/mol. The van der Waals surface area contributed by atoms with Crippen molar-refractivity contribution in [3.05, 3.63) is 77.9 Å². The number of carbonyl (C=O) groups excluding carboxylic acids is 2. The molecule has 2 atom stereocenters. The summed E-state index contributed by atoms with van der Waals surface area (Å²) in [6.45, 7) is 2.79. The number of benzene rings is 1. The van der Waals surface area contributed by atoms with Crippen molar-refractivity contribution in [2.75, 3.05) is 25.6 Å². The molecule has 1 aromatic heterocycles. The van der Waals surface area contributed by atoms with Crippen molar-refractivity contribution in [2.45, 2.75) is 31.6 Å². The Morgan fingerprint density at radius 3 is 2.86 bits per heavy atom. The maximum absolute atomic E-state index is 12.7. The number of ether oxygens (including phenoxy) is 3. The molecule has 3 amide bonds. The second-order valence-corrected chi connectivity index (χ2v) is 8.49. The summed E-state index contributed by atoms with van der Waals surface area (Å²) >= 11 is 0. The first-order valence-corrected chi connectivity index (χ1v) is 11.3. The molecule has 2 aromatic rings. The highest BCUT2D eigenvalue weighted by molar-refractivity contribution is 5.91. The molecule has 1 saturated heterocycles. The van der Waals surface area contributed by atoms with Gasteiger partial charge in [-0.1, -0.05) is 12.1 Å². The summed E-state index contributed by atoms with van der Waals surface area (Å²) < 4.78 is 21.3. The number of carbonyl (C=O) groups is 2. The van der Waals surface area contributed by atoms with Gasteiger partial charge in [-0.15, -0.1) is 0 Å². The van der Waals surface area contributed by atoms with E-state index in [4.69, 9.17) is 18.6 Å². The zero-order valence-corrected chi connectivity index (χ0v) is 19.9. The van der Waals surface area contributed by atoms with Gasteiger partial charge in [0.05, 0.1) is 32.1 Å². The fourth-order valence-corrected chi connectivity index (χ4v) is 3.79. The van der Waals surface area contributed by atoms with Crippen LogP contribution in [0.1, 0.15) is 24.7 Å². The van der Waals surface area contributed by atoms with Crippen LogP contribution in [-0.4, -0.2) is 54.2 Å². The van der Waals surface area contributed by atoms with Crippen LogP contribution in [0.25, 0.3) is 5.57 Å². The lowest BCUT2D eigenvalue weighted by molar-refractivity contribution is 0.0828. The van der Waals surface area contributed by atoms with Gasteiger partial charge in [0.15, 0.2) is 12.2 Å². The van der Waals surface area contributed by atoms with Crippen LogP contribution in [0.5, 0.6) is 0 Å². The van der Waals surface area contributed by atoms with E-state index in [2.05, 4.69) is 20.9 Å². The number of rotatable bonds is 7. The average molecular weight is 497 g/mol. The molecule has 1 aromatic carbocycles. The number of urea groups is 1. The molecule has 190 valence electrons. The summed E-state index contributed by atoms with van der Waals surface area (Å²) in [6.07, 6.45) is 7.34. The van der Waals surface area contributed by atoms with Gasteiger partial charge in [0.1, 0.15) is 17.5 Å². The molecule has 0 radical (unpaired) electrons. The van der Waals surface area contributed by atoms with E-state index in [0.717, 1.165) is 5.56 Å². The van der Waals surface area contributed by atoms with Crippen LogP contribution in [0.3, 0.4) is 0 Å². The zero-order valence-electron chi connectivity index (χ0n) is 19.9. The number of aromatic nitrogens is 1. The van der Waals surface area contributed by atoms with Crippen molar-refractivity contribution >= 4 is 23.4 Å². The first-order valence-electron chi connectivity index (χ1n) is 11.3. The van der Waals surface area contributed by atoms with Crippen LogP contribution in [0.2, 0.25) is 0 Å². The number of allylic oxidation sites excluding steroid dienone is 2. The number of methoxy groups -OCH3 is 1. The Morgan fingerprint density at radius 2 is 2.14 bits per heavy atom. The smallest absolute Gasteiger partial charge is 0.407 e. The number of nitrogens with one attached hydrogen (secondary N) is 3. The number of hydrogen-bond acceptors (Lipinski definition) is 8. The number of aliphatic hydroxyl groups is 1. The Labute approximate surface area is 207 Å². The maximum Gasteiger partial charge on any atom is 0.407 e. The molecule has 2 heterocycles. The molecular weight excluding hydrogens is 468 g/mol. The molecule has 36 heavy (non-hydrogen) atoms. The summed E-state index contributed by atoms with van der Waals surface area (Å²) in [7, 11) is 1.48. The van der Waals surface area contributed by atoms with Gasteiger partial charge in [0, 0.05) is 30.4 Å². The molecule has 2 aliphatic rings. The highest BCUT2D eigenvalue weighted by atomic mass is 16.6. The summed E-state index contributed by atoms with van der Waals surface area (Å²) in [5.74, 6) is 0.786. The van der Waals surface area contributed by atoms with Crippen molar-refractivity contribution in [2.24, 2.45) is 0 Å². The van der Waals surface area contributed by atoms with Crippen LogP contribution in [0, 0.1) is 0 Å². The lowest BCUT2D eigenvalue weighted by Gasteiger charge is -2.16. The number of oxazole rings is 1. The average Bonchev–Trinajstić information content (AvgIpc) is 3.52. The minimum absolute atomic E-state index is 0.226. The normalized spacial score (nSPS) is 21.4. The van der Waals surface area contributed by atoms with Crippen LogP contribution < -0.4 is 16.0 Å². The van der Waals surface area contributed by atoms with Crippen molar-refractivity contribution in [1.29, 1.82) is 0 Å². The lowest BCUT2D eigenvalue weighted by Crippen LogP contribution is -2.30. The van der Waals surface area contributed by atoms with Gasteiger partial charge in [0.25, 0.3) is 0 Å². The quantitative estimate of drug-likeness (QED) is 0.458. The van der Waals surface area contributed by atoms with Gasteiger partial charge in [0.2, 0.25) is 0 Å². The number of hydrogen-bond donors (Lipinski definition) is 4. The third-order valence-corrected chi connectivity index (χ3v) is 5.40. The molecule has 1 fully saturated rings. The Morgan fingerprint density at radius 1 is 1.28 bits per heavy atom. The Kier molecular flexibility index (Phi) is 7.71. The Bertz CT molecular complexity index is 1180. The number of nitrogens with zero attached hydrogens (tertiary/aromatic N) is 1. The Balaban J connectivity index is 1.37. The molecule has 0 spiro atoms. The van der Waals surface area contributed by atoms with E-state index in [1.165, 1.54) is 25.8 Å². The molecule has 4 rings (SSSR count). The summed E-state index contributed by atoms with van der Waals surface area (Å²) in [4.78, 5) is 28.6. The second-order valence-electron chi connectivity index (χ2n) is 8.49. The predicted molar refractivity (Wildman–Crippen MR) is 129 cm³/mol. The standard InChI is InChI=1S/C25H28N4O7/c1-25(32)10-18(9-21(33-2)20(11-25)22-13-26-15-35-22)29-23(30)28-17-5-3-4-16(8-17)12-27-24(31)36-19-6-7-34-14-19/h3-5,8-11,13,15,19,32H,6-7,12,14H2,1-2H3,(H,27,31)(H2,28,29,30)/t19-,25?/m0/s1. The lowest BCUT2D eigenvalue weighted by atomic mass is 10.0. The van der Waals surface area contributed by atoms with Crippen molar-refractivity contribution < 1.29 is 33.3 Å². The fourth-order valence-electron chi connectivity index (χ4n) is 3.79. The summed E-state index contributed by atoms with van der Waals surface area (Å²) in [5, 5.41) is 19.0. The summed E-state index contributed by atoms with van der Waals surface area (Å²) in [6, 6.07) is 6.50. The van der Waals surface area contributed by atoms with E-state index in [0.29, 0.717) is 48.1 Å². The highest BCUT2D eigenvalue weighted by Gasteiger charge is 2.25. The third-order valence-electron chi connectivity index (χ3n) is 5.40. The van der Waals surface area contributed by atoms with E-state index in [-0.39, 0.29) is 12.6 Å². The van der Waals surface area contributed by atoms with Gasteiger partial charge in [-0.25, -0.2) is 14.6 Å². The van der Waals surface area contributed by atoms with Gasteiger partial charge >= 0.3 is 12.1 Å². The molecule has 1 aliphatic heterocycles. The maximum atomic E-state index is 12.7. The van der Waals surface area contributed by atoms with Crippen LogP contribution in [-0.2, 0) is 20.8 Å². The molecule has 4 N–H and O–H groups in total. The highest BCUT2D eigenvalue weighted by Crippen LogP contribution is 2.31. The van der Waals surface area contributed by atoms with E-state index in [9.17, 15) is 14.7 Å². The van der Waals surface area contributed by atoms with Crippen LogP contribution in [0.15, 0.2) is 71.0 Å². The van der Waals surface area contributed by atoms with Crippen LogP contribution in [0.4, 0.5) is 15.3 Å². The van der Waals surface area contributed by atoms with Gasteiger partial charge < -0.3 is 39.7 Å². The van der Waals surface area contributed by atoms with Crippen molar-refractivity contribution in [3.8, 4) is 0 Å². The predicted octanol–water partition coefficient (Wildman–Crippen LogP) is 3.07. The van der Waals surface area contributed by atoms with Gasteiger partial charge in [-0.05, 0) is 36.8 Å². The second kappa shape index (κ2) is 11.1. The molecule has 0 bridgehead atoms. The first-order chi connectivity index (χ1) is 17.3. The SMILES string of the molecule is COC1=CC(NC(=O)Nc2cccc(CNC(=O)O[C@H]3CCOC3)c2)=CC(C)(O)C=C1c1cnco1. The zero-order chi connectivity index (χ0) is 25.5. The third kappa shape index (κ3) is 6.74. The molecule has 1 unspecified atom stereocenters.